The fourth-order valence-corrected chi connectivity index (χ4v) is 6.88. The maximum atomic E-state index is 8.31. The zero-order valence-corrected chi connectivity index (χ0v) is 30.5. The molecular weight excluding hydrogens is 825 g/mol. The minimum atomic E-state index is -2.32. The van der Waals surface area contributed by atoms with Gasteiger partial charge in [-0.1, -0.05) is 97.2 Å². The second-order valence-corrected chi connectivity index (χ2v) is 12.6. The molecule has 0 unspecified atom stereocenters. The van der Waals surface area contributed by atoms with Gasteiger partial charge in [-0.25, -0.2) is 0 Å². The molecule has 1 radical (unpaired) electrons. The van der Waals surface area contributed by atoms with Gasteiger partial charge in [0.2, 0.25) is 0 Å². The van der Waals surface area contributed by atoms with Crippen molar-refractivity contribution in [2.45, 2.75) is 20.6 Å². The van der Waals surface area contributed by atoms with Crippen LogP contribution in [0.25, 0.3) is 87.9 Å². The first kappa shape index (κ1) is 25.1. The Labute approximate surface area is 335 Å². The fraction of sp³-hybridized carbons (Fsp3) is 0.0612. The summed E-state index contributed by atoms with van der Waals surface area (Å²) in [6, 6.07) is 50.4. The van der Waals surface area contributed by atoms with Crippen molar-refractivity contribution >= 4 is 54.4 Å². The van der Waals surface area contributed by atoms with E-state index in [1.165, 1.54) is 35.5 Å². The summed E-state index contributed by atoms with van der Waals surface area (Å²) in [5.74, 6) is 0. The Balaban J connectivity index is 0.000000214. The summed E-state index contributed by atoms with van der Waals surface area (Å²) < 4.78 is 75.2. The summed E-state index contributed by atoms with van der Waals surface area (Å²) in [5.41, 5.74) is 8.35. The molecule has 0 saturated heterocycles. The van der Waals surface area contributed by atoms with E-state index < -0.39 is 20.6 Å². The van der Waals surface area contributed by atoms with Crippen LogP contribution in [-0.4, -0.2) is 9.97 Å². The number of nitrogens with zero attached hydrogens (tertiary/aromatic N) is 2. The Morgan fingerprint density at radius 1 is 0.585 bits per heavy atom. The first-order valence-electron chi connectivity index (χ1n) is 21.3. The van der Waals surface area contributed by atoms with Crippen LogP contribution in [0.15, 0.2) is 156 Å². The molecule has 0 aliphatic rings. The SMILES string of the molecule is [2H]C([2H])([2H])c1c[c-]c(-c2ccc(C([2H])([2H])[2H])cn2)cc1.[2H]C([2H])([2H])c1ccnc2c3[c-]cccc3c3ccc4c5ccc(-c6ccc(-c7ccccc7)cc6)cc5oc4c3c12.[Ir]. The average molecular weight is 868 g/mol. The average Bonchev–Trinajstić information content (AvgIpc) is 3.64. The van der Waals surface area contributed by atoms with Crippen molar-refractivity contribution in [3.05, 3.63) is 181 Å². The van der Waals surface area contributed by atoms with Gasteiger partial charge >= 0.3 is 0 Å². The van der Waals surface area contributed by atoms with Crippen LogP contribution >= 0.6 is 0 Å². The smallest absolute Gasteiger partial charge is 0.142 e. The Morgan fingerprint density at radius 3 is 2.09 bits per heavy atom. The fourth-order valence-electron chi connectivity index (χ4n) is 6.88. The van der Waals surface area contributed by atoms with Gasteiger partial charge in [0, 0.05) is 61.0 Å². The summed E-state index contributed by atoms with van der Waals surface area (Å²) in [6.07, 6.45) is 2.87. The van der Waals surface area contributed by atoms with Gasteiger partial charge in [-0.15, -0.1) is 65.0 Å². The molecule has 0 spiro atoms. The molecule has 0 fully saturated rings. The molecule has 0 amide bonds. The zero-order chi connectivity index (χ0) is 42.7. The molecule has 0 saturated carbocycles. The number of furan rings is 1. The van der Waals surface area contributed by atoms with Gasteiger partial charge in [0.1, 0.15) is 11.2 Å². The molecule has 3 nitrogen and oxygen atoms in total. The maximum absolute atomic E-state index is 8.31. The summed E-state index contributed by atoms with van der Waals surface area (Å²) in [4.78, 5) is 8.73. The number of rotatable bonds is 3. The van der Waals surface area contributed by atoms with E-state index in [-0.39, 0.29) is 36.8 Å². The molecule has 4 heteroatoms. The van der Waals surface area contributed by atoms with Crippen molar-refractivity contribution in [1.82, 2.24) is 9.97 Å². The van der Waals surface area contributed by atoms with Crippen LogP contribution in [0.5, 0.6) is 0 Å². The molecule has 53 heavy (non-hydrogen) atoms. The van der Waals surface area contributed by atoms with Crippen molar-refractivity contribution in [1.29, 1.82) is 0 Å². The number of aryl methyl sites for hydroxylation is 3. The molecule has 257 valence electrons. The first-order valence-corrected chi connectivity index (χ1v) is 16.8. The minimum absolute atomic E-state index is 0. The number of benzene rings is 7. The summed E-state index contributed by atoms with van der Waals surface area (Å²) in [5, 5.41) is 5.99. The van der Waals surface area contributed by atoms with Crippen molar-refractivity contribution in [2.24, 2.45) is 0 Å². The van der Waals surface area contributed by atoms with E-state index in [1.807, 2.05) is 36.4 Å². The number of pyridine rings is 2. The molecule has 10 aromatic rings. The van der Waals surface area contributed by atoms with Gasteiger partial charge < -0.3 is 14.4 Å². The first-order chi connectivity index (χ1) is 29.1. The molecule has 0 aliphatic heterocycles. The van der Waals surface area contributed by atoms with E-state index in [2.05, 4.69) is 88.8 Å². The monoisotopic (exact) mass is 868 g/mol. The minimum Gasteiger partial charge on any atom is -0.455 e. The van der Waals surface area contributed by atoms with Crippen LogP contribution in [0, 0.1) is 32.7 Å². The van der Waals surface area contributed by atoms with Gasteiger partial charge in [-0.05, 0) is 87.3 Å². The van der Waals surface area contributed by atoms with E-state index in [0.29, 0.717) is 27.7 Å². The molecule has 10 rings (SSSR count). The normalized spacial score (nSPS) is 14.4. The van der Waals surface area contributed by atoms with Gasteiger partial charge in [-0.2, -0.15) is 0 Å². The number of fused-ring (bicyclic) bond motifs is 10. The predicted octanol–water partition coefficient (Wildman–Crippen LogP) is 13.0. The van der Waals surface area contributed by atoms with Crippen LogP contribution < -0.4 is 0 Å². The van der Waals surface area contributed by atoms with E-state index >= 15 is 0 Å². The molecule has 0 N–H and O–H groups in total. The quantitative estimate of drug-likeness (QED) is 0.131. The van der Waals surface area contributed by atoms with Crippen LogP contribution in [0.1, 0.15) is 29.0 Å². The van der Waals surface area contributed by atoms with E-state index in [0.717, 1.165) is 49.0 Å². The molecular formula is C49H34IrN2O-2. The Morgan fingerprint density at radius 2 is 1.34 bits per heavy atom. The molecule has 3 aromatic heterocycles. The molecule has 7 aromatic carbocycles. The van der Waals surface area contributed by atoms with Crippen LogP contribution in [0.3, 0.4) is 0 Å². The van der Waals surface area contributed by atoms with Gasteiger partial charge in [0.25, 0.3) is 0 Å². The van der Waals surface area contributed by atoms with Gasteiger partial charge in [0.15, 0.2) is 0 Å². The third-order valence-corrected chi connectivity index (χ3v) is 9.40. The van der Waals surface area contributed by atoms with E-state index in [9.17, 15) is 0 Å². The summed E-state index contributed by atoms with van der Waals surface area (Å²) in [6.45, 7) is -6.65. The third-order valence-electron chi connectivity index (χ3n) is 9.40. The van der Waals surface area contributed by atoms with Crippen LogP contribution in [0.4, 0.5) is 0 Å². The van der Waals surface area contributed by atoms with Gasteiger partial charge in [0.05, 0.1) is 0 Å². The topological polar surface area (TPSA) is 38.9 Å². The Bertz CT molecular complexity index is 3180. The van der Waals surface area contributed by atoms with Crippen molar-refractivity contribution in [3.63, 3.8) is 0 Å². The standard InChI is InChI=1S/C36H22NO.C13H12N.Ir/c1-22-19-20-37-35-30-10-6-5-9-27(30)29-17-18-31-28-16-15-26(21-32(28)38-36(31)34(29)33(22)35)25-13-11-24(12-14-25)23-7-3-2-4-8-23;1-10-3-6-12(7-4-10)13-8-5-11(2)9-14-13;/h2-9,11-21H,1H3;3-6,8-9H,1-2H3;/q2*-1;/i1D3;1D3,2D3;. The van der Waals surface area contributed by atoms with Crippen molar-refractivity contribution in [2.75, 3.05) is 0 Å². The number of hydrogen-bond donors (Lipinski definition) is 0. The van der Waals surface area contributed by atoms with E-state index in [4.69, 9.17) is 16.8 Å². The number of hydrogen-bond acceptors (Lipinski definition) is 3. The van der Waals surface area contributed by atoms with Crippen LogP contribution in [0.2, 0.25) is 0 Å². The predicted molar refractivity (Wildman–Crippen MR) is 216 cm³/mol. The van der Waals surface area contributed by atoms with Crippen molar-refractivity contribution < 1.29 is 36.9 Å². The molecule has 0 atom stereocenters. The second-order valence-electron chi connectivity index (χ2n) is 12.6. The maximum Gasteiger partial charge on any atom is 0.142 e. The Kier molecular flexibility index (Phi) is 6.75. The van der Waals surface area contributed by atoms with Crippen molar-refractivity contribution in [3.8, 4) is 33.5 Å². The summed E-state index contributed by atoms with van der Waals surface area (Å²) >= 11 is 0. The third kappa shape index (κ3) is 6.31. The van der Waals surface area contributed by atoms with E-state index in [1.54, 1.807) is 24.4 Å². The Hall–Kier alpha value is -5.93. The largest absolute Gasteiger partial charge is 0.455 e. The second kappa shape index (κ2) is 14.2. The molecule has 0 aliphatic carbocycles. The number of aromatic nitrogens is 2. The van der Waals surface area contributed by atoms with Gasteiger partial charge in [-0.3, -0.25) is 0 Å². The zero-order valence-electron chi connectivity index (χ0n) is 37.1. The summed E-state index contributed by atoms with van der Waals surface area (Å²) in [7, 11) is 0. The van der Waals surface area contributed by atoms with Crippen LogP contribution in [-0.2, 0) is 20.1 Å². The molecule has 0 bridgehead atoms. The molecule has 3 heterocycles.